The Kier molecular flexibility index (Phi) is 7.38. The highest BCUT2D eigenvalue weighted by Gasteiger charge is 2.28. The Morgan fingerprint density at radius 1 is 1.45 bits per heavy atom. The van der Waals surface area contributed by atoms with E-state index in [1.165, 1.54) is 18.2 Å². The Hall–Kier alpha value is -1.47. The van der Waals surface area contributed by atoms with Crippen molar-refractivity contribution in [3.8, 4) is 5.75 Å². The average molecular weight is 313 g/mol. The molecule has 1 atom stereocenters. The Morgan fingerprint density at radius 3 is 2.65 bits per heavy atom. The van der Waals surface area contributed by atoms with Gasteiger partial charge >= 0.3 is 6.18 Å². The molecule has 0 radical (unpaired) electrons. The molecule has 0 spiro atoms. The van der Waals surface area contributed by atoms with Gasteiger partial charge in [-0.1, -0.05) is 6.07 Å². The van der Waals surface area contributed by atoms with Crippen LogP contribution in [0.3, 0.4) is 0 Å². The molecule has 3 N–H and O–H groups in total. The standard InChI is InChI=1S/C12H15F3N2O2.ClH/c1-8(16)5-11(18)17-9-3-2-4-10(6-9)19-7-12(13,14)15;/h2-4,6,8H,5,7,16H2,1H3,(H,17,18);1H. The van der Waals surface area contributed by atoms with Gasteiger partial charge in [-0.2, -0.15) is 13.2 Å². The molecule has 0 saturated carbocycles. The van der Waals surface area contributed by atoms with E-state index in [1.807, 2.05) is 0 Å². The van der Waals surface area contributed by atoms with E-state index in [9.17, 15) is 18.0 Å². The molecule has 0 heterocycles. The molecule has 1 amide bonds. The molecule has 8 heteroatoms. The van der Waals surface area contributed by atoms with E-state index in [0.29, 0.717) is 5.69 Å². The number of carbonyl (C=O) groups excluding carboxylic acids is 1. The van der Waals surface area contributed by atoms with Gasteiger partial charge in [-0.25, -0.2) is 0 Å². The van der Waals surface area contributed by atoms with Gasteiger partial charge < -0.3 is 15.8 Å². The van der Waals surface area contributed by atoms with Crippen molar-refractivity contribution >= 4 is 24.0 Å². The lowest BCUT2D eigenvalue weighted by atomic mass is 10.2. The summed E-state index contributed by atoms with van der Waals surface area (Å²) in [7, 11) is 0. The molecule has 1 rings (SSSR count). The quantitative estimate of drug-likeness (QED) is 0.878. The first-order chi connectivity index (χ1) is 8.76. The summed E-state index contributed by atoms with van der Waals surface area (Å²) in [6, 6.07) is 5.47. The van der Waals surface area contributed by atoms with Crippen molar-refractivity contribution in [1.82, 2.24) is 0 Å². The molecule has 114 valence electrons. The fourth-order valence-corrected chi connectivity index (χ4v) is 1.33. The van der Waals surface area contributed by atoms with Crippen LogP contribution in [0.15, 0.2) is 24.3 Å². The van der Waals surface area contributed by atoms with Crippen molar-refractivity contribution in [3.05, 3.63) is 24.3 Å². The van der Waals surface area contributed by atoms with Gasteiger partial charge in [0.2, 0.25) is 5.91 Å². The van der Waals surface area contributed by atoms with Gasteiger partial charge in [0.25, 0.3) is 0 Å². The summed E-state index contributed by atoms with van der Waals surface area (Å²) in [5.41, 5.74) is 5.83. The number of nitrogens with one attached hydrogen (secondary N) is 1. The Balaban J connectivity index is 0.00000361. The van der Waals surface area contributed by atoms with Crippen molar-refractivity contribution in [2.24, 2.45) is 5.73 Å². The molecular formula is C12H16ClF3N2O2. The lowest BCUT2D eigenvalue weighted by Crippen LogP contribution is -2.24. The van der Waals surface area contributed by atoms with Gasteiger partial charge in [-0.15, -0.1) is 12.4 Å². The van der Waals surface area contributed by atoms with E-state index in [-0.39, 0.29) is 36.5 Å². The topological polar surface area (TPSA) is 64.4 Å². The Morgan fingerprint density at radius 2 is 2.10 bits per heavy atom. The maximum Gasteiger partial charge on any atom is 0.422 e. The third-order valence-electron chi connectivity index (χ3n) is 2.03. The first-order valence-electron chi connectivity index (χ1n) is 5.61. The highest BCUT2D eigenvalue weighted by Crippen LogP contribution is 2.21. The van der Waals surface area contributed by atoms with E-state index < -0.39 is 12.8 Å². The third-order valence-corrected chi connectivity index (χ3v) is 2.03. The number of benzene rings is 1. The minimum absolute atomic E-state index is 0. The number of halogens is 4. The summed E-state index contributed by atoms with van der Waals surface area (Å²) in [5.74, 6) is -0.265. The van der Waals surface area contributed by atoms with Crippen molar-refractivity contribution in [1.29, 1.82) is 0 Å². The van der Waals surface area contributed by atoms with Crippen LogP contribution in [-0.4, -0.2) is 24.7 Å². The predicted molar refractivity (Wildman–Crippen MR) is 72.1 cm³/mol. The molecule has 0 aliphatic carbocycles. The molecule has 0 aliphatic heterocycles. The van der Waals surface area contributed by atoms with E-state index in [0.717, 1.165) is 0 Å². The molecule has 20 heavy (non-hydrogen) atoms. The molecule has 1 aromatic rings. The van der Waals surface area contributed by atoms with Gasteiger partial charge in [-0.3, -0.25) is 4.79 Å². The number of anilines is 1. The second-order valence-electron chi connectivity index (χ2n) is 4.16. The molecule has 0 saturated heterocycles. The van der Waals surface area contributed by atoms with Gasteiger partial charge in [-0.05, 0) is 19.1 Å². The molecule has 0 aromatic heterocycles. The molecule has 1 aromatic carbocycles. The summed E-state index contributed by atoms with van der Waals surface area (Å²) in [4.78, 5) is 11.4. The summed E-state index contributed by atoms with van der Waals surface area (Å²) in [6.07, 6.45) is -4.26. The normalized spacial score (nSPS) is 12.2. The van der Waals surface area contributed by atoms with Crippen molar-refractivity contribution < 1.29 is 22.7 Å². The predicted octanol–water partition coefficient (Wildman–Crippen LogP) is 2.73. The number of carbonyl (C=O) groups is 1. The molecule has 0 aliphatic rings. The second-order valence-corrected chi connectivity index (χ2v) is 4.16. The minimum Gasteiger partial charge on any atom is -0.484 e. The lowest BCUT2D eigenvalue weighted by molar-refractivity contribution is -0.153. The summed E-state index contributed by atoms with van der Waals surface area (Å²) >= 11 is 0. The molecule has 4 nitrogen and oxygen atoms in total. The number of ether oxygens (including phenoxy) is 1. The zero-order chi connectivity index (χ0) is 14.5. The first-order valence-corrected chi connectivity index (χ1v) is 5.61. The Labute approximate surface area is 120 Å². The maximum atomic E-state index is 12.0. The second kappa shape index (κ2) is 7.96. The van der Waals surface area contributed by atoms with Crippen LogP contribution in [0.1, 0.15) is 13.3 Å². The van der Waals surface area contributed by atoms with E-state index in [4.69, 9.17) is 5.73 Å². The van der Waals surface area contributed by atoms with Crippen LogP contribution >= 0.6 is 12.4 Å². The molecule has 1 unspecified atom stereocenters. The minimum atomic E-state index is -4.39. The zero-order valence-electron chi connectivity index (χ0n) is 10.7. The number of rotatable bonds is 5. The number of hydrogen-bond donors (Lipinski definition) is 2. The number of alkyl halides is 3. The van der Waals surface area contributed by atoms with Crippen LogP contribution in [0.25, 0.3) is 0 Å². The summed E-state index contributed by atoms with van der Waals surface area (Å²) < 4.78 is 40.5. The smallest absolute Gasteiger partial charge is 0.422 e. The van der Waals surface area contributed by atoms with Crippen molar-refractivity contribution in [2.45, 2.75) is 25.6 Å². The van der Waals surface area contributed by atoms with Gasteiger partial charge in [0.15, 0.2) is 6.61 Å². The molecular weight excluding hydrogens is 297 g/mol. The first kappa shape index (κ1) is 18.5. The van der Waals surface area contributed by atoms with Gasteiger partial charge in [0, 0.05) is 24.2 Å². The van der Waals surface area contributed by atoms with Crippen molar-refractivity contribution in [3.63, 3.8) is 0 Å². The highest BCUT2D eigenvalue weighted by atomic mass is 35.5. The summed E-state index contributed by atoms with van der Waals surface area (Å²) in [5, 5.41) is 2.53. The monoisotopic (exact) mass is 312 g/mol. The number of nitrogens with two attached hydrogens (primary N) is 1. The zero-order valence-corrected chi connectivity index (χ0v) is 11.6. The maximum absolute atomic E-state index is 12.0. The van der Waals surface area contributed by atoms with Crippen LogP contribution in [0.5, 0.6) is 5.75 Å². The van der Waals surface area contributed by atoms with E-state index >= 15 is 0 Å². The van der Waals surface area contributed by atoms with Gasteiger partial charge in [0.1, 0.15) is 5.75 Å². The van der Waals surface area contributed by atoms with Crippen LogP contribution in [0, 0.1) is 0 Å². The third kappa shape index (κ3) is 7.85. The van der Waals surface area contributed by atoms with Crippen LogP contribution in [-0.2, 0) is 4.79 Å². The number of amides is 1. The van der Waals surface area contributed by atoms with Crippen molar-refractivity contribution in [2.75, 3.05) is 11.9 Å². The lowest BCUT2D eigenvalue weighted by Gasteiger charge is -2.11. The van der Waals surface area contributed by atoms with Crippen LogP contribution < -0.4 is 15.8 Å². The largest absolute Gasteiger partial charge is 0.484 e. The van der Waals surface area contributed by atoms with Crippen LogP contribution in [0.4, 0.5) is 18.9 Å². The average Bonchev–Trinajstić information content (AvgIpc) is 2.24. The molecule has 0 bridgehead atoms. The fraction of sp³-hybridized carbons (Fsp3) is 0.417. The van der Waals surface area contributed by atoms with E-state index in [1.54, 1.807) is 13.0 Å². The van der Waals surface area contributed by atoms with E-state index in [2.05, 4.69) is 10.1 Å². The molecule has 0 fully saturated rings. The summed E-state index contributed by atoms with van der Waals surface area (Å²) in [6.45, 7) is 0.312. The SMILES string of the molecule is CC(N)CC(=O)Nc1cccc(OCC(F)(F)F)c1.Cl. The number of hydrogen-bond acceptors (Lipinski definition) is 3. The Bertz CT molecular complexity index is 439. The highest BCUT2D eigenvalue weighted by molar-refractivity contribution is 5.91. The fourth-order valence-electron chi connectivity index (χ4n) is 1.33. The van der Waals surface area contributed by atoms with Crippen LogP contribution in [0.2, 0.25) is 0 Å². The van der Waals surface area contributed by atoms with Gasteiger partial charge in [0.05, 0.1) is 0 Å².